The molecule has 2 saturated heterocycles. The van der Waals surface area contributed by atoms with E-state index in [1.807, 2.05) is 11.0 Å². The van der Waals surface area contributed by atoms with E-state index in [4.69, 9.17) is 4.99 Å². The van der Waals surface area contributed by atoms with Crippen LogP contribution in [-0.2, 0) is 11.2 Å². The highest BCUT2D eigenvalue weighted by Gasteiger charge is 2.30. The summed E-state index contributed by atoms with van der Waals surface area (Å²) >= 11 is 0. The quantitative estimate of drug-likeness (QED) is 0.269. The first-order valence-electron chi connectivity index (χ1n) is 11.4. The Morgan fingerprint density at radius 1 is 1.17 bits per heavy atom. The molecule has 0 aliphatic carbocycles. The van der Waals surface area contributed by atoms with Gasteiger partial charge in [-0.05, 0) is 63.7 Å². The molecule has 4 rings (SSSR count). The SMILES string of the molecule is CCNC(=NCCCC(=O)N1CCc2ccccc21)N1CCC(N2CCCC2)C1.I. The van der Waals surface area contributed by atoms with Gasteiger partial charge in [0, 0.05) is 50.9 Å². The van der Waals surface area contributed by atoms with E-state index in [0.717, 1.165) is 50.7 Å². The van der Waals surface area contributed by atoms with Gasteiger partial charge >= 0.3 is 0 Å². The van der Waals surface area contributed by atoms with Crippen molar-refractivity contribution in [1.29, 1.82) is 0 Å². The molecule has 1 N–H and O–H groups in total. The zero-order valence-electron chi connectivity index (χ0n) is 18.2. The van der Waals surface area contributed by atoms with Crippen LogP contribution in [0.15, 0.2) is 29.3 Å². The highest BCUT2D eigenvalue weighted by Crippen LogP contribution is 2.28. The number of carbonyl (C=O) groups excluding carboxylic acids is 1. The number of benzene rings is 1. The first-order valence-corrected chi connectivity index (χ1v) is 11.4. The summed E-state index contributed by atoms with van der Waals surface area (Å²) in [5, 5.41) is 3.45. The maximum atomic E-state index is 12.7. The lowest BCUT2D eigenvalue weighted by Crippen LogP contribution is -2.42. The zero-order chi connectivity index (χ0) is 20.1. The van der Waals surface area contributed by atoms with Gasteiger partial charge in [-0.2, -0.15) is 0 Å². The Morgan fingerprint density at radius 2 is 1.97 bits per heavy atom. The van der Waals surface area contributed by atoms with E-state index in [1.165, 1.54) is 37.9 Å². The Kier molecular flexibility index (Phi) is 8.80. The molecule has 3 heterocycles. The number of fused-ring (bicyclic) bond motifs is 1. The largest absolute Gasteiger partial charge is 0.357 e. The molecule has 6 nitrogen and oxygen atoms in total. The van der Waals surface area contributed by atoms with Gasteiger partial charge in [0.2, 0.25) is 5.91 Å². The number of hydrogen-bond acceptors (Lipinski definition) is 3. The molecule has 166 valence electrons. The number of guanidine groups is 1. The lowest BCUT2D eigenvalue weighted by Gasteiger charge is -2.25. The first kappa shape index (κ1) is 23.3. The van der Waals surface area contributed by atoms with Crippen molar-refractivity contribution >= 4 is 41.5 Å². The van der Waals surface area contributed by atoms with E-state index < -0.39 is 0 Å². The minimum Gasteiger partial charge on any atom is -0.357 e. The molecule has 0 radical (unpaired) electrons. The van der Waals surface area contributed by atoms with Crippen LogP contribution in [0.2, 0.25) is 0 Å². The van der Waals surface area contributed by atoms with Gasteiger partial charge in [-0.3, -0.25) is 14.7 Å². The van der Waals surface area contributed by atoms with Crippen LogP contribution in [0, 0.1) is 0 Å². The second-order valence-corrected chi connectivity index (χ2v) is 8.39. The molecule has 0 bridgehead atoms. The molecule has 2 fully saturated rings. The summed E-state index contributed by atoms with van der Waals surface area (Å²) in [6, 6.07) is 8.93. The fourth-order valence-corrected chi connectivity index (χ4v) is 4.91. The number of halogens is 1. The second-order valence-electron chi connectivity index (χ2n) is 8.39. The van der Waals surface area contributed by atoms with Crippen molar-refractivity contribution in [1.82, 2.24) is 15.1 Å². The summed E-state index contributed by atoms with van der Waals surface area (Å²) in [6.45, 7) is 9.20. The molecule has 1 atom stereocenters. The fraction of sp³-hybridized carbons (Fsp3) is 0.652. The Labute approximate surface area is 198 Å². The molecule has 1 unspecified atom stereocenters. The number of anilines is 1. The van der Waals surface area contributed by atoms with Crippen LogP contribution in [0.5, 0.6) is 0 Å². The van der Waals surface area contributed by atoms with Crippen LogP contribution in [0.25, 0.3) is 0 Å². The van der Waals surface area contributed by atoms with Crippen molar-refractivity contribution < 1.29 is 4.79 Å². The Morgan fingerprint density at radius 3 is 2.77 bits per heavy atom. The van der Waals surface area contributed by atoms with Gasteiger partial charge in [0.05, 0.1) is 0 Å². The number of aliphatic imine (C=N–C) groups is 1. The number of amides is 1. The van der Waals surface area contributed by atoms with Crippen LogP contribution in [0.4, 0.5) is 5.69 Å². The van der Waals surface area contributed by atoms with Gasteiger partial charge in [-0.1, -0.05) is 18.2 Å². The van der Waals surface area contributed by atoms with Gasteiger partial charge < -0.3 is 15.1 Å². The second kappa shape index (κ2) is 11.3. The molecule has 1 amide bonds. The molecule has 1 aromatic rings. The maximum absolute atomic E-state index is 12.7. The first-order chi connectivity index (χ1) is 14.3. The van der Waals surface area contributed by atoms with E-state index in [1.54, 1.807) is 0 Å². The van der Waals surface area contributed by atoms with Crippen molar-refractivity contribution in [3.8, 4) is 0 Å². The summed E-state index contributed by atoms with van der Waals surface area (Å²) in [6.07, 6.45) is 6.26. The van der Waals surface area contributed by atoms with Crippen LogP contribution in [0.1, 0.15) is 44.6 Å². The predicted molar refractivity (Wildman–Crippen MR) is 134 cm³/mol. The Hall–Kier alpha value is -1.35. The number of rotatable bonds is 6. The molecule has 0 saturated carbocycles. The third-order valence-corrected chi connectivity index (χ3v) is 6.45. The molecule has 7 heteroatoms. The van der Waals surface area contributed by atoms with Crippen molar-refractivity contribution in [2.45, 2.75) is 51.5 Å². The van der Waals surface area contributed by atoms with Gasteiger partial charge in [-0.15, -0.1) is 24.0 Å². The van der Waals surface area contributed by atoms with Gasteiger partial charge in [-0.25, -0.2) is 0 Å². The lowest BCUT2D eigenvalue weighted by molar-refractivity contribution is -0.118. The number of nitrogens with zero attached hydrogens (tertiary/aromatic N) is 4. The summed E-state index contributed by atoms with van der Waals surface area (Å²) < 4.78 is 0. The Balaban J connectivity index is 0.00000256. The summed E-state index contributed by atoms with van der Waals surface area (Å²) in [7, 11) is 0. The number of para-hydroxylation sites is 1. The van der Waals surface area contributed by atoms with Crippen LogP contribution in [0.3, 0.4) is 0 Å². The highest BCUT2D eigenvalue weighted by atomic mass is 127. The van der Waals surface area contributed by atoms with Crippen LogP contribution < -0.4 is 10.2 Å². The number of hydrogen-bond donors (Lipinski definition) is 1. The van der Waals surface area contributed by atoms with E-state index in [2.05, 4.69) is 40.2 Å². The van der Waals surface area contributed by atoms with Crippen molar-refractivity contribution in [3.63, 3.8) is 0 Å². The van der Waals surface area contributed by atoms with Gasteiger partial charge in [0.15, 0.2) is 5.96 Å². The minimum atomic E-state index is 0. The molecule has 3 aliphatic rings. The van der Waals surface area contributed by atoms with Gasteiger partial charge in [0.1, 0.15) is 0 Å². The molecular formula is C23H36IN5O. The normalized spacial score (nSPS) is 21.6. The van der Waals surface area contributed by atoms with E-state index in [-0.39, 0.29) is 29.9 Å². The topological polar surface area (TPSA) is 51.2 Å². The number of nitrogens with one attached hydrogen (secondary N) is 1. The van der Waals surface area contributed by atoms with Gasteiger partial charge in [0.25, 0.3) is 0 Å². The smallest absolute Gasteiger partial charge is 0.227 e. The average Bonchev–Trinajstić information content (AvgIpc) is 3.49. The van der Waals surface area contributed by atoms with E-state index in [0.29, 0.717) is 19.0 Å². The van der Waals surface area contributed by atoms with Crippen molar-refractivity contribution in [2.75, 3.05) is 50.7 Å². The molecule has 3 aliphatic heterocycles. The summed E-state index contributed by atoms with van der Waals surface area (Å²) in [4.78, 5) is 24.5. The van der Waals surface area contributed by atoms with Crippen molar-refractivity contribution in [3.05, 3.63) is 29.8 Å². The summed E-state index contributed by atoms with van der Waals surface area (Å²) in [5.41, 5.74) is 2.38. The molecule has 0 spiro atoms. The molecule has 0 aromatic heterocycles. The summed E-state index contributed by atoms with van der Waals surface area (Å²) in [5.74, 6) is 1.25. The molecular weight excluding hydrogens is 489 g/mol. The maximum Gasteiger partial charge on any atom is 0.227 e. The number of carbonyl (C=O) groups is 1. The third-order valence-electron chi connectivity index (χ3n) is 6.45. The molecule has 30 heavy (non-hydrogen) atoms. The predicted octanol–water partition coefficient (Wildman–Crippen LogP) is 3.11. The van der Waals surface area contributed by atoms with Crippen molar-refractivity contribution in [2.24, 2.45) is 4.99 Å². The lowest BCUT2D eigenvalue weighted by atomic mass is 10.2. The van der Waals surface area contributed by atoms with E-state index in [9.17, 15) is 4.79 Å². The van der Waals surface area contributed by atoms with Crippen LogP contribution in [-0.4, -0.2) is 73.5 Å². The zero-order valence-corrected chi connectivity index (χ0v) is 20.5. The number of likely N-dealkylation sites (tertiary alicyclic amines) is 2. The van der Waals surface area contributed by atoms with E-state index >= 15 is 0 Å². The Bertz CT molecular complexity index is 734. The minimum absolute atomic E-state index is 0. The fourth-order valence-electron chi connectivity index (χ4n) is 4.91. The standard InChI is InChI=1S/C23H35N5O.HI/c1-2-24-23(27-16-12-20(18-27)26-14-5-6-15-26)25-13-7-10-22(29)28-17-11-19-8-3-4-9-21(19)28;/h3-4,8-9,20H,2,5-7,10-18H2,1H3,(H,24,25);1H. The highest BCUT2D eigenvalue weighted by molar-refractivity contribution is 14.0. The van der Waals surface area contributed by atoms with Crippen LogP contribution >= 0.6 is 24.0 Å². The molecule has 1 aromatic carbocycles. The average molecular weight is 525 g/mol. The monoisotopic (exact) mass is 525 g/mol. The third kappa shape index (κ3) is 5.46.